The SMILES string of the molecule is Cc1ccc(C)c(OCc2csc(C(=O)Nc3ccccn3)c2)c1. The van der Waals surface area contributed by atoms with E-state index < -0.39 is 0 Å². The van der Waals surface area contributed by atoms with Gasteiger partial charge in [0.25, 0.3) is 5.91 Å². The zero-order valence-electron chi connectivity index (χ0n) is 13.6. The Labute approximate surface area is 145 Å². The van der Waals surface area contributed by atoms with Gasteiger partial charge in [-0.25, -0.2) is 4.98 Å². The van der Waals surface area contributed by atoms with E-state index >= 15 is 0 Å². The fourth-order valence-corrected chi connectivity index (χ4v) is 3.00. The van der Waals surface area contributed by atoms with Crippen LogP contribution in [0, 0.1) is 13.8 Å². The van der Waals surface area contributed by atoms with Crippen LogP contribution in [0.3, 0.4) is 0 Å². The lowest BCUT2D eigenvalue weighted by molar-refractivity contribution is 0.103. The van der Waals surface area contributed by atoms with E-state index in [-0.39, 0.29) is 5.91 Å². The molecule has 0 aliphatic heterocycles. The molecule has 122 valence electrons. The molecule has 0 saturated heterocycles. The standard InChI is InChI=1S/C19H18N2O2S/c1-13-6-7-14(2)16(9-13)23-11-15-10-17(24-12-15)19(22)21-18-5-3-4-8-20-18/h3-10,12H,11H2,1-2H3,(H,20,21,22). The number of ether oxygens (including phenoxy) is 1. The summed E-state index contributed by atoms with van der Waals surface area (Å²) >= 11 is 1.40. The number of rotatable bonds is 5. The maximum absolute atomic E-state index is 12.2. The minimum Gasteiger partial charge on any atom is -0.489 e. The van der Waals surface area contributed by atoms with Crippen molar-refractivity contribution in [1.82, 2.24) is 4.98 Å². The summed E-state index contributed by atoms with van der Waals surface area (Å²) in [5, 5.41) is 4.72. The van der Waals surface area contributed by atoms with Crippen molar-refractivity contribution in [3.8, 4) is 5.75 Å². The molecule has 0 radical (unpaired) electrons. The lowest BCUT2D eigenvalue weighted by Gasteiger charge is -2.08. The highest BCUT2D eigenvalue weighted by Crippen LogP contribution is 2.22. The van der Waals surface area contributed by atoms with Crippen molar-refractivity contribution in [3.05, 3.63) is 75.6 Å². The van der Waals surface area contributed by atoms with E-state index in [1.54, 1.807) is 12.3 Å². The largest absolute Gasteiger partial charge is 0.489 e. The Morgan fingerprint density at radius 2 is 2.08 bits per heavy atom. The van der Waals surface area contributed by atoms with Gasteiger partial charge in [-0.2, -0.15) is 0 Å². The summed E-state index contributed by atoms with van der Waals surface area (Å²) in [4.78, 5) is 17.0. The molecule has 0 aliphatic rings. The van der Waals surface area contributed by atoms with Crippen LogP contribution in [0.15, 0.2) is 54.0 Å². The number of thiophene rings is 1. The van der Waals surface area contributed by atoms with Crippen molar-refractivity contribution < 1.29 is 9.53 Å². The number of pyridine rings is 1. The van der Waals surface area contributed by atoms with Gasteiger partial charge in [0, 0.05) is 11.8 Å². The fraction of sp³-hybridized carbons (Fsp3) is 0.158. The number of hydrogen-bond acceptors (Lipinski definition) is 4. The number of hydrogen-bond donors (Lipinski definition) is 1. The molecule has 3 aromatic rings. The number of nitrogens with zero attached hydrogens (tertiary/aromatic N) is 1. The Morgan fingerprint density at radius 1 is 1.21 bits per heavy atom. The van der Waals surface area contributed by atoms with Crippen LogP contribution >= 0.6 is 11.3 Å². The molecule has 0 unspecified atom stereocenters. The molecule has 24 heavy (non-hydrogen) atoms. The van der Waals surface area contributed by atoms with Crippen LogP contribution in [0.2, 0.25) is 0 Å². The van der Waals surface area contributed by atoms with Crippen molar-refractivity contribution in [2.75, 3.05) is 5.32 Å². The van der Waals surface area contributed by atoms with Gasteiger partial charge < -0.3 is 10.1 Å². The van der Waals surface area contributed by atoms with Crippen LogP contribution in [0.1, 0.15) is 26.4 Å². The van der Waals surface area contributed by atoms with E-state index in [9.17, 15) is 4.79 Å². The monoisotopic (exact) mass is 338 g/mol. The van der Waals surface area contributed by atoms with Gasteiger partial charge in [-0.05, 0) is 54.6 Å². The number of benzene rings is 1. The predicted molar refractivity (Wildman–Crippen MR) is 96.8 cm³/mol. The maximum atomic E-state index is 12.2. The van der Waals surface area contributed by atoms with Crippen LogP contribution in [-0.4, -0.2) is 10.9 Å². The number of aromatic nitrogens is 1. The Balaban J connectivity index is 1.63. The first-order valence-electron chi connectivity index (χ1n) is 7.61. The molecule has 1 N–H and O–H groups in total. The van der Waals surface area contributed by atoms with E-state index in [0.717, 1.165) is 22.4 Å². The van der Waals surface area contributed by atoms with Crippen LogP contribution in [0.5, 0.6) is 5.75 Å². The molecule has 0 fully saturated rings. The van der Waals surface area contributed by atoms with Crippen molar-refractivity contribution in [2.45, 2.75) is 20.5 Å². The number of anilines is 1. The van der Waals surface area contributed by atoms with Crippen LogP contribution in [-0.2, 0) is 6.61 Å². The smallest absolute Gasteiger partial charge is 0.266 e. The molecule has 2 heterocycles. The van der Waals surface area contributed by atoms with E-state index in [4.69, 9.17) is 4.74 Å². The molecular weight excluding hydrogens is 320 g/mol. The first kappa shape index (κ1) is 16.2. The van der Waals surface area contributed by atoms with E-state index in [1.807, 2.05) is 49.6 Å². The zero-order chi connectivity index (χ0) is 16.9. The summed E-state index contributed by atoms with van der Waals surface area (Å²) < 4.78 is 5.88. The molecule has 5 heteroatoms. The van der Waals surface area contributed by atoms with Gasteiger partial charge in [0.1, 0.15) is 18.2 Å². The Hall–Kier alpha value is -2.66. The first-order valence-corrected chi connectivity index (χ1v) is 8.49. The second-order valence-electron chi connectivity index (χ2n) is 5.55. The van der Waals surface area contributed by atoms with Crippen molar-refractivity contribution in [2.24, 2.45) is 0 Å². The van der Waals surface area contributed by atoms with Crippen LogP contribution in [0.4, 0.5) is 5.82 Å². The summed E-state index contributed by atoms with van der Waals surface area (Å²) in [6.07, 6.45) is 1.65. The topological polar surface area (TPSA) is 51.2 Å². The molecular formula is C19H18N2O2S. The third-order valence-corrected chi connectivity index (χ3v) is 4.50. The van der Waals surface area contributed by atoms with Gasteiger partial charge in [-0.1, -0.05) is 18.2 Å². The van der Waals surface area contributed by atoms with E-state index in [1.165, 1.54) is 11.3 Å². The average Bonchev–Trinajstić information content (AvgIpc) is 3.06. The number of carbonyl (C=O) groups is 1. The summed E-state index contributed by atoms with van der Waals surface area (Å²) in [6, 6.07) is 13.4. The van der Waals surface area contributed by atoms with Gasteiger partial charge in [0.05, 0.1) is 4.88 Å². The molecule has 0 spiro atoms. The second kappa shape index (κ2) is 7.27. The highest BCUT2D eigenvalue weighted by Gasteiger charge is 2.10. The maximum Gasteiger partial charge on any atom is 0.266 e. The van der Waals surface area contributed by atoms with Gasteiger partial charge in [-0.15, -0.1) is 11.3 Å². The molecule has 1 aromatic carbocycles. The zero-order valence-corrected chi connectivity index (χ0v) is 14.4. The van der Waals surface area contributed by atoms with Crippen LogP contribution in [0.25, 0.3) is 0 Å². The van der Waals surface area contributed by atoms with Gasteiger partial charge in [0.2, 0.25) is 0 Å². The molecule has 4 nitrogen and oxygen atoms in total. The number of nitrogens with one attached hydrogen (secondary N) is 1. The summed E-state index contributed by atoms with van der Waals surface area (Å²) in [6.45, 7) is 4.50. The number of aryl methyl sites for hydroxylation is 2. The second-order valence-corrected chi connectivity index (χ2v) is 6.46. The van der Waals surface area contributed by atoms with Crippen LogP contribution < -0.4 is 10.1 Å². The van der Waals surface area contributed by atoms with Gasteiger partial charge in [-0.3, -0.25) is 4.79 Å². The molecule has 0 atom stereocenters. The third kappa shape index (κ3) is 4.00. The van der Waals surface area contributed by atoms with Gasteiger partial charge in [0.15, 0.2) is 0 Å². The molecule has 0 saturated carbocycles. The molecule has 0 bridgehead atoms. The Morgan fingerprint density at radius 3 is 2.88 bits per heavy atom. The highest BCUT2D eigenvalue weighted by molar-refractivity contribution is 7.12. The normalized spacial score (nSPS) is 10.4. The van der Waals surface area contributed by atoms with Crippen molar-refractivity contribution in [1.29, 1.82) is 0 Å². The molecule has 3 rings (SSSR count). The summed E-state index contributed by atoms with van der Waals surface area (Å²) in [5.74, 6) is 1.27. The third-order valence-electron chi connectivity index (χ3n) is 3.52. The minimum absolute atomic E-state index is 0.156. The minimum atomic E-state index is -0.156. The molecule has 0 aliphatic carbocycles. The summed E-state index contributed by atoms with van der Waals surface area (Å²) in [5.41, 5.74) is 3.24. The molecule has 2 aromatic heterocycles. The molecule has 1 amide bonds. The Bertz CT molecular complexity index is 844. The van der Waals surface area contributed by atoms with E-state index in [0.29, 0.717) is 17.3 Å². The number of carbonyl (C=O) groups excluding carboxylic acids is 1. The lowest BCUT2D eigenvalue weighted by atomic mass is 10.1. The summed E-state index contributed by atoms with van der Waals surface area (Å²) in [7, 11) is 0. The Kier molecular flexibility index (Phi) is 4.91. The fourth-order valence-electron chi connectivity index (χ4n) is 2.21. The van der Waals surface area contributed by atoms with Crippen molar-refractivity contribution >= 4 is 23.1 Å². The predicted octanol–water partition coefficient (Wildman–Crippen LogP) is 4.59. The van der Waals surface area contributed by atoms with E-state index in [2.05, 4.69) is 16.4 Å². The average molecular weight is 338 g/mol. The lowest BCUT2D eigenvalue weighted by Crippen LogP contribution is -2.11. The highest BCUT2D eigenvalue weighted by atomic mass is 32.1. The quantitative estimate of drug-likeness (QED) is 0.740. The van der Waals surface area contributed by atoms with Gasteiger partial charge >= 0.3 is 0 Å². The van der Waals surface area contributed by atoms with Crippen molar-refractivity contribution in [3.63, 3.8) is 0 Å². The first-order chi connectivity index (χ1) is 11.6. The number of amides is 1.